The van der Waals surface area contributed by atoms with Gasteiger partial charge in [0.05, 0.1) is 11.1 Å². The molecule has 16 heavy (non-hydrogen) atoms. The molecule has 0 bridgehead atoms. The lowest BCUT2D eigenvalue weighted by Gasteiger charge is -1.99. The summed E-state index contributed by atoms with van der Waals surface area (Å²) in [7, 11) is 0. The van der Waals surface area contributed by atoms with Crippen LogP contribution in [0.3, 0.4) is 0 Å². The topological polar surface area (TPSA) is 66.0 Å². The molecule has 1 aromatic carbocycles. The summed E-state index contributed by atoms with van der Waals surface area (Å²) in [5.74, 6) is -0.928. The van der Waals surface area contributed by atoms with Gasteiger partial charge in [0.15, 0.2) is 0 Å². The largest absolute Gasteiger partial charge is 0.478 e. The molecule has 0 fully saturated rings. The highest BCUT2D eigenvalue weighted by Gasteiger charge is 2.12. The Morgan fingerprint density at radius 3 is 3.00 bits per heavy atom. The van der Waals surface area contributed by atoms with Crippen molar-refractivity contribution in [2.24, 2.45) is 0 Å². The first-order valence-corrected chi connectivity index (χ1v) is 4.85. The van der Waals surface area contributed by atoms with E-state index in [0.717, 1.165) is 21.8 Å². The normalized spacial score (nSPS) is 11.0. The van der Waals surface area contributed by atoms with Crippen LogP contribution in [0, 0.1) is 0 Å². The molecular formula is C12H8N2O2. The second-order valence-electron chi connectivity index (χ2n) is 3.57. The number of fused-ring (bicyclic) bond motifs is 3. The molecule has 0 saturated heterocycles. The van der Waals surface area contributed by atoms with Gasteiger partial charge >= 0.3 is 5.97 Å². The van der Waals surface area contributed by atoms with Crippen LogP contribution >= 0.6 is 0 Å². The molecule has 78 valence electrons. The number of hydrogen-bond acceptors (Lipinski definition) is 2. The van der Waals surface area contributed by atoms with Crippen LogP contribution in [0.15, 0.2) is 36.7 Å². The van der Waals surface area contributed by atoms with E-state index < -0.39 is 5.97 Å². The Morgan fingerprint density at radius 1 is 1.31 bits per heavy atom. The minimum atomic E-state index is -0.928. The number of benzene rings is 1. The van der Waals surface area contributed by atoms with Crippen molar-refractivity contribution in [3.8, 4) is 0 Å². The maximum atomic E-state index is 11.1. The van der Waals surface area contributed by atoms with Gasteiger partial charge in [-0.25, -0.2) is 4.79 Å². The Kier molecular flexibility index (Phi) is 1.71. The number of rotatable bonds is 1. The van der Waals surface area contributed by atoms with E-state index in [1.807, 2.05) is 18.2 Å². The number of nitrogens with one attached hydrogen (secondary N) is 1. The number of hydrogen-bond donors (Lipinski definition) is 2. The summed E-state index contributed by atoms with van der Waals surface area (Å²) in [4.78, 5) is 18.2. The highest BCUT2D eigenvalue weighted by Crippen LogP contribution is 2.26. The molecule has 0 amide bonds. The SMILES string of the molecule is O=C(O)c1c[nH]c2ccc3ncccc3c12. The number of carboxylic acids is 1. The molecule has 4 nitrogen and oxygen atoms in total. The molecule has 0 aliphatic rings. The monoisotopic (exact) mass is 212 g/mol. The zero-order valence-corrected chi connectivity index (χ0v) is 8.27. The van der Waals surface area contributed by atoms with Crippen LogP contribution < -0.4 is 0 Å². The summed E-state index contributed by atoms with van der Waals surface area (Å²) in [5, 5.41) is 10.7. The summed E-state index contributed by atoms with van der Waals surface area (Å²) >= 11 is 0. The van der Waals surface area contributed by atoms with Gasteiger partial charge in [0, 0.05) is 28.7 Å². The van der Waals surface area contributed by atoms with Gasteiger partial charge in [0.25, 0.3) is 0 Å². The second kappa shape index (κ2) is 3.06. The fourth-order valence-corrected chi connectivity index (χ4v) is 1.95. The Bertz CT molecular complexity index is 700. The Balaban J connectivity index is 2.56. The standard InChI is InChI=1S/C12H8N2O2/c15-12(16)8-6-14-10-4-3-9-7(11(8)10)2-1-5-13-9/h1-6,14H,(H,15,16). The maximum absolute atomic E-state index is 11.1. The number of carbonyl (C=O) groups is 1. The van der Waals surface area contributed by atoms with Gasteiger partial charge in [-0.3, -0.25) is 4.98 Å². The maximum Gasteiger partial charge on any atom is 0.337 e. The predicted octanol–water partition coefficient (Wildman–Crippen LogP) is 2.41. The molecule has 0 aliphatic heterocycles. The minimum Gasteiger partial charge on any atom is -0.478 e. The Labute approximate surface area is 90.5 Å². The number of pyridine rings is 1. The molecule has 0 atom stereocenters. The third kappa shape index (κ3) is 1.10. The molecule has 3 aromatic rings. The predicted molar refractivity (Wildman–Crippen MR) is 60.6 cm³/mol. The van der Waals surface area contributed by atoms with Crippen LogP contribution in [-0.2, 0) is 0 Å². The van der Waals surface area contributed by atoms with Gasteiger partial charge in [0.1, 0.15) is 0 Å². The number of aromatic amines is 1. The summed E-state index contributed by atoms with van der Waals surface area (Å²) in [5.41, 5.74) is 1.91. The van der Waals surface area contributed by atoms with Crippen LogP contribution in [-0.4, -0.2) is 21.0 Å². The number of aromatic nitrogens is 2. The number of H-pyrrole nitrogens is 1. The quantitative estimate of drug-likeness (QED) is 0.651. The van der Waals surface area contributed by atoms with E-state index in [2.05, 4.69) is 9.97 Å². The Morgan fingerprint density at radius 2 is 2.19 bits per heavy atom. The van der Waals surface area contributed by atoms with Gasteiger partial charge in [-0.2, -0.15) is 0 Å². The molecule has 3 rings (SSSR count). The molecule has 0 radical (unpaired) electrons. The third-order valence-corrected chi connectivity index (χ3v) is 2.66. The molecule has 2 N–H and O–H groups in total. The van der Waals surface area contributed by atoms with Gasteiger partial charge in [-0.1, -0.05) is 6.07 Å². The van der Waals surface area contributed by atoms with Crippen molar-refractivity contribution in [3.63, 3.8) is 0 Å². The molecule has 2 aromatic heterocycles. The highest BCUT2D eigenvalue weighted by atomic mass is 16.4. The molecule has 2 heterocycles. The first kappa shape index (κ1) is 8.91. The van der Waals surface area contributed by atoms with Crippen molar-refractivity contribution < 1.29 is 9.90 Å². The van der Waals surface area contributed by atoms with Gasteiger partial charge in [0.2, 0.25) is 0 Å². The lowest BCUT2D eigenvalue weighted by Crippen LogP contribution is -1.94. The van der Waals surface area contributed by atoms with E-state index in [1.165, 1.54) is 6.20 Å². The lowest BCUT2D eigenvalue weighted by molar-refractivity contribution is 0.0699. The molecule has 0 aliphatic carbocycles. The van der Waals surface area contributed by atoms with Crippen LogP contribution in [0.4, 0.5) is 0 Å². The molecular weight excluding hydrogens is 204 g/mol. The highest BCUT2D eigenvalue weighted by molar-refractivity contribution is 6.14. The zero-order valence-electron chi connectivity index (χ0n) is 8.27. The van der Waals surface area contributed by atoms with E-state index in [4.69, 9.17) is 5.11 Å². The number of aromatic carboxylic acids is 1. The van der Waals surface area contributed by atoms with Crippen molar-refractivity contribution in [2.45, 2.75) is 0 Å². The fraction of sp³-hybridized carbons (Fsp3) is 0. The van der Waals surface area contributed by atoms with Crippen LogP contribution in [0.1, 0.15) is 10.4 Å². The van der Waals surface area contributed by atoms with Crippen LogP contribution in [0.25, 0.3) is 21.8 Å². The van der Waals surface area contributed by atoms with E-state index in [0.29, 0.717) is 0 Å². The average molecular weight is 212 g/mol. The Hall–Kier alpha value is -2.36. The summed E-state index contributed by atoms with van der Waals surface area (Å²) in [6, 6.07) is 7.41. The van der Waals surface area contributed by atoms with E-state index >= 15 is 0 Å². The summed E-state index contributed by atoms with van der Waals surface area (Å²) < 4.78 is 0. The molecule has 0 saturated carbocycles. The van der Waals surface area contributed by atoms with Crippen molar-refractivity contribution in [2.75, 3.05) is 0 Å². The van der Waals surface area contributed by atoms with Crippen LogP contribution in [0.5, 0.6) is 0 Å². The van der Waals surface area contributed by atoms with Crippen molar-refractivity contribution >= 4 is 27.8 Å². The number of carboxylic acid groups (broad SMARTS) is 1. The van der Waals surface area contributed by atoms with E-state index in [1.54, 1.807) is 12.3 Å². The molecule has 0 spiro atoms. The molecule has 4 heteroatoms. The van der Waals surface area contributed by atoms with Crippen molar-refractivity contribution in [1.82, 2.24) is 9.97 Å². The summed E-state index contributed by atoms with van der Waals surface area (Å²) in [6.07, 6.45) is 3.21. The smallest absolute Gasteiger partial charge is 0.337 e. The lowest BCUT2D eigenvalue weighted by atomic mass is 10.1. The van der Waals surface area contributed by atoms with Gasteiger partial charge in [-0.05, 0) is 18.2 Å². The minimum absolute atomic E-state index is 0.286. The fourth-order valence-electron chi connectivity index (χ4n) is 1.95. The summed E-state index contributed by atoms with van der Waals surface area (Å²) in [6.45, 7) is 0. The van der Waals surface area contributed by atoms with Gasteiger partial charge in [-0.15, -0.1) is 0 Å². The van der Waals surface area contributed by atoms with Crippen molar-refractivity contribution in [1.29, 1.82) is 0 Å². The number of nitrogens with zero attached hydrogens (tertiary/aromatic N) is 1. The van der Waals surface area contributed by atoms with E-state index in [-0.39, 0.29) is 5.56 Å². The third-order valence-electron chi connectivity index (χ3n) is 2.66. The van der Waals surface area contributed by atoms with Crippen LogP contribution in [0.2, 0.25) is 0 Å². The van der Waals surface area contributed by atoms with Crippen molar-refractivity contribution in [3.05, 3.63) is 42.2 Å². The second-order valence-corrected chi connectivity index (χ2v) is 3.57. The first-order valence-electron chi connectivity index (χ1n) is 4.85. The first-order chi connectivity index (χ1) is 7.77. The average Bonchev–Trinajstić information content (AvgIpc) is 2.73. The van der Waals surface area contributed by atoms with Gasteiger partial charge < -0.3 is 10.1 Å². The zero-order chi connectivity index (χ0) is 11.1. The molecule has 0 unspecified atom stereocenters. The van der Waals surface area contributed by atoms with E-state index in [9.17, 15) is 4.79 Å².